The Hall–Kier alpha value is -3.27. The molecular formula is C20H14N2O2. The van der Waals surface area contributed by atoms with Gasteiger partial charge in [0, 0.05) is 11.3 Å². The second-order valence-electron chi connectivity index (χ2n) is 5.65. The van der Waals surface area contributed by atoms with Crippen molar-refractivity contribution in [3.8, 4) is 0 Å². The van der Waals surface area contributed by atoms with E-state index in [0.29, 0.717) is 5.71 Å². The van der Waals surface area contributed by atoms with Crippen LogP contribution in [0.2, 0.25) is 0 Å². The van der Waals surface area contributed by atoms with Crippen molar-refractivity contribution in [2.45, 2.75) is 5.66 Å². The first-order valence-corrected chi connectivity index (χ1v) is 7.67. The molecule has 0 bridgehead atoms. The molecule has 24 heavy (non-hydrogen) atoms. The first-order valence-electron chi connectivity index (χ1n) is 7.67. The van der Waals surface area contributed by atoms with Gasteiger partial charge < -0.3 is 0 Å². The van der Waals surface area contributed by atoms with Crippen molar-refractivity contribution in [1.82, 2.24) is 0 Å². The van der Waals surface area contributed by atoms with Crippen molar-refractivity contribution < 1.29 is 9.59 Å². The fourth-order valence-corrected chi connectivity index (χ4v) is 2.97. The Kier molecular flexibility index (Phi) is 3.24. The van der Waals surface area contributed by atoms with E-state index in [1.54, 1.807) is 17.1 Å². The number of para-hydroxylation sites is 1. The van der Waals surface area contributed by atoms with E-state index in [4.69, 9.17) is 0 Å². The Bertz CT molecular complexity index is 880. The summed E-state index contributed by atoms with van der Waals surface area (Å²) in [5.41, 5.74) is 0.903. The molecule has 4 heteroatoms. The van der Waals surface area contributed by atoms with Crippen molar-refractivity contribution >= 4 is 23.1 Å². The maximum atomic E-state index is 13.1. The second kappa shape index (κ2) is 5.42. The van der Waals surface area contributed by atoms with Crippen LogP contribution < -0.4 is 4.90 Å². The summed E-state index contributed by atoms with van der Waals surface area (Å²) < 4.78 is 0. The van der Waals surface area contributed by atoms with E-state index in [2.05, 4.69) is 4.99 Å². The average Bonchev–Trinajstić information content (AvgIpc) is 2.92. The highest BCUT2D eigenvalue weighted by molar-refractivity contribution is 6.51. The summed E-state index contributed by atoms with van der Waals surface area (Å²) >= 11 is 0. The summed E-state index contributed by atoms with van der Waals surface area (Å²) in [6.07, 6.45) is 6.27. The third-order valence-corrected chi connectivity index (χ3v) is 4.10. The molecule has 2 aromatic rings. The number of allylic oxidation sites excluding steroid dienone is 2. The summed E-state index contributed by atoms with van der Waals surface area (Å²) in [5, 5.41) is 0. The van der Waals surface area contributed by atoms with Crippen molar-refractivity contribution in [2.24, 2.45) is 4.99 Å². The predicted octanol–water partition coefficient (Wildman–Crippen LogP) is 2.91. The number of hydrogen-bond donors (Lipinski definition) is 0. The topological polar surface area (TPSA) is 49.7 Å². The van der Waals surface area contributed by atoms with Gasteiger partial charge in [0.05, 0.1) is 0 Å². The molecule has 1 aliphatic heterocycles. The van der Waals surface area contributed by atoms with E-state index in [1.165, 1.54) is 12.2 Å². The Labute approximate surface area is 139 Å². The molecule has 0 fully saturated rings. The highest BCUT2D eigenvalue weighted by atomic mass is 16.2. The highest BCUT2D eigenvalue weighted by Gasteiger charge is 2.45. The van der Waals surface area contributed by atoms with E-state index in [9.17, 15) is 9.59 Å². The number of carbonyl (C=O) groups excluding carboxylic acids is 2. The van der Waals surface area contributed by atoms with E-state index in [1.807, 2.05) is 60.7 Å². The van der Waals surface area contributed by atoms with Crippen molar-refractivity contribution in [2.75, 3.05) is 4.90 Å². The van der Waals surface area contributed by atoms with Crippen LogP contribution in [-0.2, 0) is 9.59 Å². The predicted molar refractivity (Wildman–Crippen MR) is 92.9 cm³/mol. The van der Waals surface area contributed by atoms with Crippen LogP contribution in [0.1, 0.15) is 5.56 Å². The lowest BCUT2D eigenvalue weighted by Crippen LogP contribution is -2.45. The van der Waals surface area contributed by atoms with Gasteiger partial charge in [-0.25, -0.2) is 4.99 Å². The zero-order valence-corrected chi connectivity index (χ0v) is 12.8. The number of carbonyl (C=O) groups is 2. The van der Waals surface area contributed by atoms with Gasteiger partial charge in [0.1, 0.15) is 5.71 Å². The van der Waals surface area contributed by atoms with Gasteiger partial charge in [0.15, 0.2) is 11.4 Å². The minimum atomic E-state index is -0.989. The SMILES string of the molecule is O=C1C=CC2(C=C1)N=C(c1ccccc1)C(=O)N2c1ccccc1. The first kappa shape index (κ1) is 14.3. The Morgan fingerprint density at radius 1 is 0.792 bits per heavy atom. The smallest absolute Gasteiger partial charge is 0.279 e. The van der Waals surface area contributed by atoms with Crippen LogP contribution in [0.3, 0.4) is 0 Å². The number of hydrogen-bond acceptors (Lipinski definition) is 3. The molecule has 1 amide bonds. The van der Waals surface area contributed by atoms with Crippen LogP contribution >= 0.6 is 0 Å². The van der Waals surface area contributed by atoms with Crippen molar-refractivity contribution in [3.63, 3.8) is 0 Å². The largest absolute Gasteiger partial charge is 0.290 e. The standard InChI is InChI=1S/C20H14N2O2/c23-17-11-13-20(14-12-17)21-18(15-7-3-1-4-8-15)19(24)22(20)16-9-5-2-6-10-16/h1-14H. The highest BCUT2D eigenvalue weighted by Crippen LogP contribution is 2.36. The molecule has 0 saturated carbocycles. The number of rotatable bonds is 2. The molecule has 1 aliphatic carbocycles. The number of anilines is 1. The van der Waals surface area contributed by atoms with Crippen molar-refractivity contribution in [3.05, 3.63) is 90.5 Å². The molecule has 1 spiro atoms. The average molecular weight is 314 g/mol. The third-order valence-electron chi connectivity index (χ3n) is 4.10. The van der Waals surface area contributed by atoms with Crippen LogP contribution in [0.5, 0.6) is 0 Å². The molecule has 0 radical (unpaired) electrons. The van der Waals surface area contributed by atoms with Gasteiger partial charge in [-0.15, -0.1) is 0 Å². The molecule has 4 nitrogen and oxygen atoms in total. The summed E-state index contributed by atoms with van der Waals surface area (Å²) in [6, 6.07) is 18.7. The molecular weight excluding hydrogens is 300 g/mol. The molecule has 2 aliphatic rings. The van der Waals surface area contributed by atoms with E-state index >= 15 is 0 Å². The molecule has 1 heterocycles. The van der Waals surface area contributed by atoms with Crippen LogP contribution in [-0.4, -0.2) is 23.1 Å². The fourth-order valence-electron chi connectivity index (χ4n) is 2.97. The van der Waals surface area contributed by atoms with Gasteiger partial charge >= 0.3 is 0 Å². The van der Waals surface area contributed by atoms with Gasteiger partial charge in [-0.2, -0.15) is 0 Å². The summed E-state index contributed by atoms with van der Waals surface area (Å²) in [4.78, 5) is 31.0. The second-order valence-corrected chi connectivity index (χ2v) is 5.65. The lowest BCUT2D eigenvalue weighted by molar-refractivity contribution is -0.113. The first-order chi connectivity index (χ1) is 11.7. The van der Waals surface area contributed by atoms with Crippen LogP contribution in [0.25, 0.3) is 0 Å². The third kappa shape index (κ3) is 2.20. The van der Waals surface area contributed by atoms with Gasteiger partial charge in [-0.3, -0.25) is 14.5 Å². The fraction of sp³-hybridized carbons (Fsp3) is 0.0500. The van der Waals surface area contributed by atoms with Gasteiger partial charge in [-0.1, -0.05) is 48.5 Å². The molecule has 0 atom stereocenters. The summed E-state index contributed by atoms with van der Waals surface area (Å²) in [5.74, 6) is -0.291. The molecule has 2 aromatic carbocycles. The van der Waals surface area contributed by atoms with Gasteiger partial charge in [-0.05, 0) is 36.4 Å². The van der Waals surface area contributed by atoms with Gasteiger partial charge in [0.2, 0.25) is 0 Å². The minimum Gasteiger partial charge on any atom is -0.290 e. The molecule has 0 N–H and O–H groups in total. The van der Waals surface area contributed by atoms with E-state index < -0.39 is 5.66 Å². The number of ketones is 1. The monoisotopic (exact) mass is 314 g/mol. The molecule has 4 rings (SSSR count). The maximum absolute atomic E-state index is 13.1. The number of benzene rings is 2. The number of nitrogens with zero attached hydrogens (tertiary/aromatic N) is 2. The van der Waals surface area contributed by atoms with Crippen molar-refractivity contribution in [1.29, 1.82) is 0 Å². The normalized spacial score (nSPS) is 18.3. The zero-order chi connectivity index (χ0) is 16.6. The quantitative estimate of drug-likeness (QED) is 0.856. The Morgan fingerprint density at radius 2 is 1.38 bits per heavy atom. The van der Waals surface area contributed by atoms with Gasteiger partial charge in [0.25, 0.3) is 5.91 Å². The Morgan fingerprint density at radius 3 is 2.00 bits per heavy atom. The molecule has 0 unspecified atom stereocenters. The number of amides is 1. The van der Waals surface area contributed by atoms with E-state index in [0.717, 1.165) is 11.3 Å². The maximum Gasteiger partial charge on any atom is 0.279 e. The molecule has 116 valence electrons. The Balaban J connectivity index is 1.88. The summed E-state index contributed by atoms with van der Waals surface area (Å²) in [7, 11) is 0. The van der Waals surface area contributed by atoms with Crippen LogP contribution in [0.15, 0.2) is 90.0 Å². The lowest BCUT2D eigenvalue weighted by atomic mass is 10.0. The van der Waals surface area contributed by atoms with E-state index in [-0.39, 0.29) is 11.7 Å². The van der Waals surface area contributed by atoms with Crippen LogP contribution in [0.4, 0.5) is 5.69 Å². The number of aliphatic imine (C=N–C) groups is 1. The zero-order valence-electron chi connectivity index (χ0n) is 12.8. The summed E-state index contributed by atoms with van der Waals surface area (Å²) in [6.45, 7) is 0. The van der Waals surface area contributed by atoms with Crippen LogP contribution in [0, 0.1) is 0 Å². The lowest BCUT2D eigenvalue weighted by Gasteiger charge is -2.32. The molecule has 0 aromatic heterocycles. The minimum absolute atomic E-state index is 0.107. The molecule has 0 saturated heterocycles.